The second-order valence-electron chi connectivity index (χ2n) is 6.70. The summed E-state index contributed by atoms with van der Waals surface area (Å²) in [5.41, 5.74) is 3.23. The molecule has 0 saturated carbocycles. The van der Waals surface area contributed by atoms with E-state index in [2.05, 4.69) is 0 Å². The molecule has 4 rings (SSSR count). The van der Waals surface area contributed by atoms with E-state index >= 15 is 0 Å². The minimum atomic E-state index is -0.413. The monoisotopic (exact) mass is 395 g/mol. The van der Waals surface area contributed by atoms with E-state index < -0.39 is 4.92 Å². The molecule has 0 atom stereocenters. The molecule has 0 N–H and O–H groups in total. The van der Waals surface area contributed by atoms with Crippen LogP contribution in [0, 0.1) is 10.1 Å². The average molecular weight is 395 g/mol. The van der Waals surface area contributed by atoms with Crippen LogP contribution in [-0.4, -0.2) is 4.92 Å². The lowest BCUT2D eigenvalue weighted by molar-refractivity contribution is -0.384. The van der Waals surface area contributed by atoms with Crippen LogP contribution in [0.15, 0.2) is 100 Å². The Labute approximate surface area is 172 Å². The number of nitro benzene ring substituents is 1. The Morgan fingerprint density at radius 2 is 1.33 bits per heavy atom. The van der Waals surface area contributed by atoms with Crippen molar-refractivity contribution < 1.29 is 9.34 Å². The zero-order chi connectivity index (χ0) is 20.9. The van der Waals surface area contributed by atoms with Crippen LogP contribution in [0.5, 0.6) is 0 Å². The first-order valence-electron chi connectivity index (χ1n) is 9.32. The van der Waals surface area contributed by atoms with E-state index in [1.807, 2.05) is 72.8 Å². The molecule has 0 aliphatic carbocycles. The van der Waals surface area contributed by atoms with E-state index in [0.717, 1.165) is 22.3 Å². The Balaban J connectivity index is 1.58. The predicted octanol–water partition coefficient (Wildman–Crippen LogP) is 6.05. The van der Waals surface area contributed by atoms with E-state index in [4.69, 9.17) is 4.42 Å². The molecular formula is C25H17NO4. The van der Waals surface area contributed by atoms with E-state index in [1.54, 1.807) is 6.07 Å². The highest BCUT2D eigenvalue weighted by Gasteiger charge is 2.07. The second kappa shape index (κ2) is 8.41. The molecule has 1 heterocycles. The maximum absolute atomic E-state index is 12.1. The van der Waals surface area contributed by atoms with Gasteiger partial charge in [-0.1, -0.05) is 78.9 Å². The van der Waals surface area contributed by atoms with Gasteiger partial charge >= 0.3 is 0 Å². The predicted molar refractivity (Wildman–Crippen MR) is 118 cm³/mol. The Bertz CT molecular complexity index is 1270. The first-order chi connectivity index (χ1) is 14.6. The summed E-state index contributed by atoms with van der Waals surface area (Å²) in [4.78, 5) is 22.6. The number of rotatable bonds is 5. The Morgan fingerprint density at radius 1 is 0.700 bits per heavy atom. The van der Waals surface area contributed by atoms with Gasteiger partial charge in [0.25, 0.3) is 5.69 Å². The molecule has 30 heavy (non-hydrogen) atoms. The first-order valence-corrected chi connectivity index (χ1v) is 9.32. The van der Waals surface area contributed by atoms with Crippen molar-refractivity contribution in [3.05, 3.63) is 122 Å². The van der Waals surface area contributed by atoms with Crippen molar-refractivity contribution >= 4 is 17.8 Å². The van der Waals surface area contributed by atoms with Crippen LogP contribution in [0.1, 0.15) is 11.1 Å². The van der Waals surface area contributed by atoms with Crippen molar-refractivity contribution in [3.63, 3.8) is 0 Å². The van der Waals surface area contributed by atoms with Crippen molar-refractivity contribution in [2.75, 3.05) is 0 Å². The van der Waals surface area contributed by atoms with Gasteiger partial charge in [-0.05, 0) is 11.1 Å². The third-order valence-electron chi connectivity index (χ3n) is 4.57. The molecule has 0 amide bonds. The summed E-state index contributed by atoms with van der Waals surface area (Å²) in [6.07, 6.45) is 3.69. The average Bonchev–Trinajstić information content (AvgIpc) is 2.78. The quantitative estimate of drug-likeness (QED) is 0.234. The van der Waals surface area contributed by atoms with E-state index in [0.29, 0.717) is 11.5 Å². The Kier molecular flexibility index (Phi) is 5.35. The Morgan fingerprint density at radius 3 is 2.00 bits per heavy atom. The molecule has 5 heteroatoms. The second-order valence-corrected chi connectivity index (χ2v) is 6.70. The van der Waals surface area contributed by atoms with E-state index in [9.17, 15) is 14.9 Å². The smallest absolute Gasteiger partial charge is 0.270 e. The van der Waals surface area contributed by atoms with Crippen LogP contribution >= 0.6 is 0 Å². The number of hydrogen-bond donors (Lipinski definition) is 0. The van der Waals surface area contributed by atoms with Crippen LogP contribution in [-0.2, 0) is 0 Å². The van der Waals surface area contributed by atoms with Crippen LogP contribution in [0.4, 0.5) is 5.69 Å². The molecular weight excluding hydrogens is 378 g/mol. The maximum atomic E-state index is 12.1. The summed E-state index contributed by atoms with van der Waals surface area (Å²) in [6.45, 7) is 0. The molecule has 1 aromatic heterocycles. The third-order valence-corrected chi connectivity index (χ3v) is 4.57. The minimum absolute atomic E-state index is 0.0563. The van der Waals surface area contributed by atoms with Crippen molar-refractivity contribution in [2.45, 2.75) is 0 Å². The number of non-ortho nitro benzene ring substituents is 1. The van der Waals surface area contributed by atoms with Gasteiger partial charge in [0.2, 0.25) is 0 Å². The zero-order valence-electron chi connectivity index (χ0n) is 15.9. The molecule has 146 valence electrons. The standard InChI is InChI=1S/C25H17NO4/c27-23-16-24(20-6-2-1-3-7-20)30-25(17-23)21-13-11-18(12-14-21)9-10-19-5-4-8-22(15-19)26(28)29/h1-17H/b10-9+. The van der Waals surface area contributed by atoms with Crippen LogP contribution in [0.25, 0.3) is 34.8 Å². The van der Waals surface area contributed by atoms with Gasteiger partial charge in [-0.2, -0.15) is 0 Å². The lowest BCUT2D eigenvalue weighted by atomic mass is 10.1. The minimum Gasteiger partial charge on any atom is -0.456 e. The van der Waals surface area contributed by atoms with Gasteiger partial charge in [0.1, 0.15) is 11.5 Å². The van der Waals surface area contributed by atoms with E-state index in [1.165, 1.54) is 24.3 Å². The highest BCUT2D eigenvalue weighted by atomic mass is 16.6. The van der Waals surface area contributed by atoms with Gasteiger partial charge in [0, 0.05) is 35.4 Å². The summed E-state index contributed by atoms with van der Waals surface area (Å²) in [5, 5.41) is 10.9. The SMILES string of the molecule is O=c1cc(-c2ccccc2)oc(-c2ccc(/C=C/c3cccc([N+](=O)[O-])c3)cc2)c1. The van der Waals surface area contributed by atoms with Crippen molar-refractivity contribution in [3.8, 4) is 22.6 Å². The van der Waals surface area contributed by atoms with Crippen molar-refractivity contribution in [1.29, 1.82) is 0 Å². The van der Waals surface area contributed by atoms with Gasteiger partial charge in [0.05, 0.1) is 4.92 Å². The number of benzene rings is 3. The summed E-state index contributed by atoms with van der Waals surface area (Å²) >= 11 is 0. The maximum Gasteiger partial charge on any atom is 0.270 e. The molecule has 0 saturated heterocycles. The van der Waals surface area contributed by atoms with Crippen LogP contribution < -0.4 is 5.43 Å². The number of nitro groups is 1. The van der Waals surface area contributed by atoms with Crippen molar-refractivity contribution in [1.82, 2.24) is 0 Å². The summed E-state index contributed by atoms with van der Waals surface area (Å²) in [6, 6.07) is 26.4. The Hall–Kier alpha value is -4.25. The molecule has 0 bridgehead atoms. The van der Waals surface area contributed by atoms with Crippen LogP contribution in [0.3, 0.4) is 0 Å². The van der Waals surface area contributed by atoms with Gasteiger partial charge in [-0.3, -0.25) is 14.9 Å². The van der Waals surface area contributed by atoms with Gasteiger partial charge in [-0.25, -0.2) is 0 Å². The molecule has 5 nitrogen and oxygen atoms in total. The third kappa shape index (κ3) is 4.42. The fraction of sp³-hybridized carbons (Fsp3) is 0. The normalized spacial score (nSPS) is 10.9. The highest BCUT2D eigenvalue weighted by molar-refractivity contribution is 5.72. The molecule has 4 aromatic rings. The molecule has 0 aliphatic rings. The molecule has 0 spiro atoms. The van der Waals surface area contributed by atoms with E-state index in [-0.39, 0.29) is 11.1 Å². The summed E-state index contributed by atoms with van der Waals surface area (Å²) in [5.74, 6) is 1.02. The fourth-order valence-corrected chi connectivity index (χ4v) is 3.06. The molecule has 0 unspecified atom stereocenters. The van der Waals surface area contributed by atoms with Crippen LogP contribution in [0.2, 0.25) is 0 Å². The largest absolute Gasteiger partial charge is 0.456 e. The first kappa shape index (κ1) is 19.1. The molecule has 0 radical (unpaired) electrons. The highest BCUT2D eigenvalue weighted by Crippen LogP contribution is 2.25. The lowest BCUT2D eigenvalue weighted by Crippen LogP contribution is -1.98. The van der Waals surface area contributed by atoms with Gasteiger partial charge in [0.15, 0.2) is 5.43 Å². The summed E-state index contributed by atoms with van der Waals surface area (Å²) < 4.78 is 5.95. The van der Waals surface area contributed by atoms with Crippen molar-refractivity contribution in [2.24, 2.45) is 0 Å². The molecule has 0 fully saturated rings. The van der Waals surface area contributed by atoms with Gasteiger partial charge < -0.3 is 4.42 Å². The number of hydrogen-bond acceptors (Lipinski definition) is 4. The zero-order valence-corrected chi connectivity index (χ0v) is 15.9. The topological polar surface area (TPSA) is 73.3 Å². The molecule has 3 aromatic carbocycles. The van der Waals surface area contributed by atoms with Gasteiger partial charge in [-0.15, -0.1) is 0 Å². The fourth-order valence-electron chi connectivity index (χ4n) is 3.06. The lowest BCUT2D eigenvalue weighted by Gasteiger charge is -2.05. The molecule has 0 aliphatic heterocycles. The summed E-state index contributed by atoms with van der Waals surface area (Å²) in [7, 11) is 0. The number of nitrogens with zero attached hydrogens (tertiary/aromatic N) is 1.